The topological polar surface area (TPSA) is 38.3 Å². The first kappa shape index (κ1) is 12.9. The third-order valence-electron chi connectivity index (χ3n) is 4.32. The van der Waals surface area contributed by atoms with Crippen LogP contribution in [-0.4, -0.2) is 25.7 Å². The van der Waals surface area contributed by atoms with Crippen LogP contribution in [0.5, 0.6) is 0 Å². The minimum absolute atomic E-state index is 0.0647. The minimum Gasteiger partial charge on any atom is -0.368 e. The first-order valence-electron chi connectivity index (χ1n) is 7.12. The number of ether oxygens (including phenoxy) is 1. The number of hydrogen-bond acceptors (Lipinski definition) is 2. The van der Waals surface area contributed by atoms with Crippen molar-refractivity contribution in [3.63, 3.8) is 0 Å². The molecular weight excluding hydrogens is 214 g/mol. The minimum atomic E-state index is -0.203. The van der Waals surface area contributed by atoms with Crippen LogP contribution in [0.4, 0.5) is 0 Å². The lowest BCUT2D eigenvalue weighted by Crippen LogP contribution is -2.37. The fourth-order valence-electron chi connectivity index (χ4n) is 2.87. The van der Waals surface area contributed by atoms with Crippen LogP contribution in [0, 0.1) is 11.8 Å². The van der Waals surface area contributed by atoms with Crippen molar-refractivity contribution in [2.45, 2.75) is 57.5 Å². The number of rotatable bonds is 6. The maximum atomic E-state index is 11.8. The van der Waals surface area contributed by atoms with Gasteiger partial charge in [0.2, 0.25) is 5.91 Å². The van der Waals surface area contributed by atoms with E-state index in [4.69, 9.17) is 4.74 Å². The molecule has 2 aliphatic rings. The number of amides is 1. The predicted octanol–water partition coefficient (Wildman–Crippen LogP) is 2.50. The fourth-order valence-corrected chi connectivity index (χ4v) is 2.87. The molecule has 0 heterocycles. The van der Waals surface area contributed by atoms with Gasteiger partial charge in [-0.3, -0.25) is 4.79 Å². The van der Waals surface area contributed by atoms with Crippen molar-refractivity contribution in [1.82, 2.24) is 5.32 Å². The van der Waals surface area contributed by atoms with E-state index in [9.17, 15) is 4.79 Å². The SMILES string of the molecule is CNC(=O)C(CC1CCC1)OCC1CCCC1. The number of carbonyl (C=O) groups is 1. The third kappa shape index (κ3) is 3.70. The van der Waals surface area contributed by atoms with E-state index < -0.39 is 0 Å². The Morgan fingerprint density at radius 2 is 1.82 bits per heavy atom. The quantitative estimate of drug-likeness (QED) is 0.773. The molecule has 0 aromatic heterocycles. The predicted molar refractivity (Wildman–Crippen MR) is 67.7 cm³/mol. The molecule has 2 saturated carbocycles. The van der Waals surface area contributed by atoms with E-state index in [2.05, 4.69) is 5.32 Å². The van der Waals surface area contributed by atoms with Crippen molar-refractivity contribution >= 4 is 5.91 Å². The number of hydrogen-bond donors (Lipinski definition) is 1. The highest BCUT2D eigenvalue weighted by atomic mass is 16.5. The zero-order chi connectivity index (χ0) is 12.1. The summed E-state index contributed by atoms with van der Waals surface area (Å²) in [7, 11) is 1.70. The Hall–Kier alpha value is -0.570. The molecule has 0 spiro atoms. The first-order valence-corrected chi connectivity index (χ1v) is 7.12. The van der Waals surface area contributed by atoms with Gasteiger partial charge in [0.25, 0.3) is 0 Å². The standard InChI is InChI=1S/C14H25NO2/c1-15-14(16)13(9-11-7-4-8-11)17-10-12-5-2-3-6-12/h11-13H,2-10H2,1H3,(H,15,16). The molecule has 98 valence electrons. The zero-order valence-corrected chi connectivity index (χ0v) is 10.9. The van der Waals surface area contributed by atoms with Gasteiger partial charge >= 0.3 is 0 Å². The van der Waals surface area contributed by atoms with Crippen molar-refractivity contribution in [3.8, 4) is 0 Å². The molecule has 0 aromatic carbocycles. The number of carbonyl (C=O) groups excluding carboxylic acids is 1. The van der Waals surface area contributed by atoms with Gasteiger partial charge in [0.05, 0.1) is 6.61 Å². The van der Waals surface area contributed by atoms with Crippen molar-refractivity contribution in [2.24, 2.45) is 11.8 Å². The Morgan fingerprint density at radius 1 is 1.18 bits per heavy atom. The monoisotopic (exact) mass is 239 g/mol. The molecule has 2 fully saturated rings. The molecule has 17 heavy (non-hydrogen) atoms. The molecule has 3 heteroatoms. The zero-order valence-electron chi connectivity index (χ0n) is 10.9. The van der Waals surface area contributed by atoms with Gasteiger partial charge in [-0.2, -0.15) is 0 Å². The molecule has 0 saturated heterocycles. The second kappa shape index (κ2) is 6.39. The van der Waals surface area contributed by atoms with E-state index in [0.29, 0.717) is 5.92 Å². The van der Waals surface area contributed by atoms with Gasteiger partial charge in [0.1, 0.15) is 6.10 Å². The molecule has 0 aromatic rings. The van der Waals surface area contributed by atoms with Crippen LogP contribution in [-0.2, 0) is 9.53 Å². The first-order chi connectivity index (χ1) is 8.29. The largest absolute Gasteiger partial charge is 0.368 e. The maximum Gasteiger partial charge on any atom is 0.248 e. The lowest BCUT2D eigenvalue weighted by atomic mass is 9.81. The Labute approximate surface area is 104 Å². The van der Waals surface area contributed by atoms with Crippen LogP contribution < -0.4 is 5.32 Å². The summed E-state index contributed by atoms with van der Waals surface area (Å²) in [6.45, 7) is 0.783. The molecule has 0 radical (unpaired) electrons. The highest BCUT2D eigenvalue weighted by Gasteiger charge is 2.27. The van der Waals surface area contributed by atoms with E-state index in [1.54, 1.807) is 7.05 Å². The Balaban J connectivity index is 1.74. The normalized spacial score (nSPS) is 23.4. The summed E-state index contributed by atoms with van der Waals surface area (Å²) in [6.07, 6.45) is 9.84. The molecule has 1 amide bonds. The van der Waals surface area contributed by atoms with E-state index in [0.717, 1.165) is 18.9 Å². The van der Waals surface area contributed by atoms with Gasteiger partial charge in [-0.05, 0) is 31.1 Å². The maximum absolute atomic E-state index is 11.8. The fraction of sp³-hybridized carbons (Fsp3) is 0.929. The molecule has 2 rings (SSSR count). The Bertz CT molecular complexity index is 245. The van der Waals surface area contributed by atoms with E-state index in [1.165, 1.54) is 44.9 Å². The summed E-state index contributed by atoms with van der Waals surface area (Å²) in [5.74, 6) is 1.49. The smallest absolute Gasteiger partial charge is 0.248 e. The summed E-state index contributed by atoms with van der Waals surface area (Å²) in [5, 5.41) is 2.73. The second-order valence-corrected chi connectivity index (χ2v) is 5.62. The number of nitrogens with one attached hydrogen (secondary N) is 1. The van der Waals surface area contributed by atoms with Gasteiger partial charge in [0.15, 0.2) is 0 Å². The highest BCUT2D eigenvalue weighted by molar-refractivity contribution is 5.80. The lowest BCUT2D eigenvalue weighted by molar-refractivity contribution is -0.135. The molecule has 1 atom stereocenters. The Kier molecular flexibility index (Phi) is 4.84. The third-order valence-corrected chi connectivity index (χ3v) is 4.32. The highest BCUT2D eigenvalue weighted by Crippen LogP contribution is 2.32. The van der Waals surface area contributed by atoms with Gasteiger partial charge in [0, 0.05) is 7.05 Å². The van der Waals surface area contributed by atoms with Crippen LogP contribution in [0.3, 0.4) is 0 Å². The average Bonchev–Trinajstić information content (AvgIpc) is 2.79. The summed E-state index contributed by atoms with van der Waals surface area (Å²) in [6, 6.07) is 0. The molecular formula is C14H25NO2. The van der Waals surface area contributed by atoms with Crippen molar-refractivity contribution < 1.29 is 9.53 Å². The second-order valence-electron chi connectivity index (χ2n) is 5.62. The molecule has 3 nitrogen and oxygen atoms in total. The molecule has 0 aliphatic heterocycles. The summed E-state index contributed by atoms with van der Waals surface area (Å²) in [5.41, 5.74) is 0. The summed E-state index contributed by atoms with van der Waals surface area (Å²) in [4.78, 5) is 11.8. The van der Waals surface area contributed by atoms with Gasteiger partial charge in [-0.15, -0.1) is 0 Å². The van der Waals surface area contributed by atoms with Gasteiger partial charge in [-0.1, -0.05) is 32.1 Å². The lowest BCUT2D eigenvalue weighted by Gasteiger charge is -2.29. The van der Waals surface area contributed by atoms with E-state index >= 15 is 0 Å². The van der Waals surface area contributed by atoms with Crippen molar-refractivity contribution in [2.75, 3.05) is 13.7 Å². The van der Waals surface area contributed by atoms with Crippen LogP contribution >= 0.6 is 0 Å². The molecule has 1 N–H and O–H groups in total. The summed E-state index contributed by atoms with van der Waals surface area (Å²) < 4.78 is 5.87. The van der Waals surface area contributed by atoms with Crippen molar-refractivity contribution in [1.29, 1.82) is 0 Å². The molecule has 1 unspecified atom stereocenters. The number of likely N-dealkylation sites (N-methyl/N-ethyl adjacent to an activating group) is 1. The van der Waals surface area contributed by atoms with Gasteiger partial charge in [-0.25, -0.2) is 0 Å². The van der Waals surface area contributed by atoms with Crippen LogP contribution in [0.15, 0.2) is 0 Å². The van der Waals surface area contributed by atoms with E-state index in [1.807, 2.05) is 0 Å². The van der Waals surface area contributed by atoms with Crippen molar-refractivity contribution in [3.05, 3.63) is 0 Å². The average molecular weight is 239 g/mol. The summed E-state index contributed by atoms with van der Waals surface area (Å²) >= 11 is 0. The molecule has 0 bridgehead atoms. The van der Waals surface area contributed by atoms with E-state index in [-0.39, 0.29) is 12.0 Å². The molecule has 2 aliphatic carbocycles. The van der Waals surface area contributed by atoms with Gasteiger partial charge < -0.3 is 10.1 Å². The Morgan fingerprint density at radius 3 is 2.35 bits per heavy atom. The van der Waals surface area contributed by atoms with Crippen LogP contribution in [0.25, 0.3) is 0 Å². The van der Waals surface area contributed by atoms with Crippen LogP contribution in [0.2, 0.25) is 0 Å². The van der Waals surface area contributed by atoms with Crippen LogP contribution in [0.1, 0.15) is 51.4 Å².